The highest BCUT2D eigenvalue weighted by atomic mass is 16.5. The first-order valence-electron chi connectivity index (χ1n) is 8.75. The molecule has 1 N–H and O–H groups in total. The number of imidazole rings is 1. The molecule has 1 aromatic carbocycles. The van der Waals surface area contributed by atoms with E-state index in [0.717, 1.165) is 18.5 Å². The van der Waals surface area contributed by atoms with Crippen molar-refractivity contribution in [3.05, 3.63) is 41.5 Å². The summed E-state index contributed by atoms with van der Waals surface area (Å²) in [6, 6.07) is 5.29. The summed E-state index contributed by atoms with van der Waals surface area (Å²) in [6.07, 6.45) is 3.67. The second-order valence-electron chi connectivity index (χ2n) is 6.46. The Kier molecular flexibility index (Phi) is 5.25. The molecule has 2 heterocycles. The van der Waals surface area contributed by atoms with E-state index in [4.69, 9.17) is 9.47 Å². The van der Waals surface area contributed by atoms with Gasteiger partial charge in [0.1, 0.15) is 12.1 Å². The third-order valence-corrected chi connectivity index (χ3v) is 4.24. The first kappa shape index (κ1) is 18.0. The van der Waals surface area contributed by atoms with Crippen LogP contribution in [-0.2, 0) is 11.2 Å². The third kappa shape index (κ3) is 3.56. The zero-order valence-corrected chi connectivity index (χ0v) is 15.2. The van der Waals surface area contributed by atoms with Crippen LogP contribution in [0, 0.1) is 0 Å². The SMILES string of the molecule is COc1ccc2c(c1)C(=O)NCCCCc1c(C(=O)OC(C)C)ncn1-2. The lowest BCUT2D eigenvalue weighted by Gasteiger charge is -2.17. The molecule has 0 aliphatic carbocycles. The Balaban J connectivity index is 2.13. The van der Waals surface area contributed by atoms with Gasteiger partial charge in [0.05, 0.1) is 30.2 Å². The monoisotopic (exact) mass is 357 g/mol. The number of nitrogens with zero attached hydrogens (tertiary/aromatic N) is 2. The predicted molar refractivity (Wildman–Crippen MR) is 95.9 cm³/mol. The van der Waals surface area contributed by atoms with Gasteiger partial charge in [-0.15, -0.1) is 0 Å². The number of esters is 1. The summed E-state index contributed by atoms with van der Waals surface area (Å²) in [7, 11) is 1.56. The van der Waals surface area contributed by atoms with E-state index >= 15 is 0 Å². The molecule has 0 fully saturated rings. The molecule has 3 rings (SSSR count). The van der Waals surface area contributed by atoms with Crippen molar-refractivity contribution in [3.8, 4) is 11.4 Å². The maximum atomic E-state index is 12.6. The van der Waals surface area contributed by atoms with Gasteiger partial charge < -0.3 is 19.4 Å². The van der Waals surface area contributed by atoms with Crippen molar-refractivity contribution >= 4 is 11.9 Å². The molecule has 0 saturated heterocycles. The second-order valence-corrected chi connectivity index (χ2v) is 6.46. The zero-order valence-electron chi connectivity index (χ0n) is 15.2. The number of ether oxygens (including phenoxy) is 2. The first-order valence-corrected chi connectivity index (χ1v) is 8.75. The van der Waals surface area contributed by atoms with Gasteiger partial charge in [0.2, 0.25) is 0 Å². The average Bonchev–Trinajstić information content (AvgIpc) is 3.03. The summed E-state index contributed by atoms with van der Waals surface area (Å²) >= 11 is 0. The number of methoxy groups -OCH3 is 1. The van der Waals surface area contributed by atoms with E-state index in [9.17, 15) is 9.59 Å². The minimum Gasteiger partial charge on any atom is -0.497 e. The lowest BCUT2D eigenvalue weighted by atomic mass is 10.1. The Bertz CT molecular complexity index is 826. The molecule has 26 heavy (non-hydrogen) atoms. The van der Waals surface area contributed by atoms with Crippen LogP contribution >= 0.6 is 0 Å². The molecule has 7 heteroatoms. The van der Waals surface area contributed by atoms with Gasteiger partial charge in [-0.05, 0) is 51.3 Å². The van der Waals surface area contributed by atoms with Gasteiger partial charge in [0.15, 0.2) is 5.69 Å². The van der Waals surface area contributed by atoms with Gasteiger partial charge in [-0.25, -0.2) is 9.78 Å². The number of aromatic nitrogens is 2. The second kappa shape index (κ2) is 7.59. The fraction of sp³-hybridized carbons (Fsp3) is 0.421. The predicted octanol–water partition coefficient (Wildman–Crippen LogP) is 2.51. The molecule has 1 aromatic heterocycles. The molecule has 7 nitrogen and oxygen atoms in total. The van der Waals surface area contributed by atoms with Crippen molar-refractivity contribution in [2.24, 2.45) is 0 Å². The summed E-state index contributed by atoms with van der Waals surface area (Å²) in [6.45, 7) is 4.19. The molecule has 2 aromatic rings. The van der Waals surface area contributed by atoms with Crippen LogP contribution in [0.4, 0.5) is 0 Å². The molecule has 1 aliphatic rings. The van der Waals surface area contributed by atoms with Gasteiger partial charge in [-0.3, -0.25) is 4.79 Å². The van der Waals surface area contributed by atoms with Gasteiger partial charge in [-0.1, -0.05) is 0 Å². The Morgan fingerprint density at radius 1 is 1.31 bits per heavy atom. The molecular weight excluding hydrogens is 334 g/mol. The number of carbonyl (C=O) groups excluding carboxylic acids is 2. The van der Waals surface area contributed by atoms with Crippen LogP contribution in [0.2, 0.25) is 0 Å². The molecule has 0 radical (unpaired) electrons. The molecule has 0 saturated carbocycles. The number of carbonyl (C=O) groups is 2. The van der Waals surface area contributed by atoms with Gasteiger partial charge in [0, 0.05) is 6.54 Å². The minimum atomic E-state index is -0.440. The van der Waals surface area contributed by atoms with Gasteiger partial charge in [-0.2, -0.15) is 0 Å². The van der Waals surface area contributed by atoms with Crippen LogP contribution < -0.4 is 10.1 Å². The molecule has 1 amide bonds. The number of fused-ring (bicyclic) bond motifs is 3. The molecule has 0 unspecified atom stereocenters. The summed E-state index contributed by atoms with van der Waals surface area (Å²) in [5.74, 6) is -0.0193. The summed E-state index contributed by atoms with van der Waals surface area (Å²) in [5.41, 5.74) is 2.21. The lowest BCUT2D eigenvalue weighted by Crippen LogP contribution is -2.27. The molecule has 0 spiro atoms. The molecule has 138 valence electrons. The lowest BCUT2D eigenvalue weighted by molar-refractivity contribution is 0.0370. The Hall–Kier alpha value is -2.83. The van der Waals surface area contributed by atoms with Gasteiger partial charge in [0.25, 0.3) is 5.91 Å². The first-order chi connectivity index (χ1) is 12.5. The summed E-state index contributed by atoms with van der Waals surface area (Å²) in [4.78, 5) is 29.3. The van der Waals surface area contributed by atoms with Crippen LogP contribution in [0.15, 0.2) is 24.5 Å². The number of rotatable bonds is 3. The fourth-order valence-corrected chi connectivity index (χ4v) is 3.01. The van der Waals surface area contributed by atoms with Crippen LogP contribution in [0.5, 0.6) is 5.75 Å². The van der Waals surface area contributed by atoms with Crippen LogP contribution in [0.1, 0.15) is 53.2 Å². The van der Waals surface area contributed by atoms with Crippen molar-refractivity contribution in [1.29, 1.82) is 0 Å². The smallest absolute Gasteiger partial charge is 0.359 e. The number of hydrogen-bond donors (Lipinski definition) is 1. The number of amides is 1. The number of benzene rings is 1. The van der Waals surface area contributed by atoms with Crippen molar-refractivity contribution in [2.45, 2.75) is 39.2 Å². The third-order valence-electron chi connectivity index (χ3n) is 4.24. The number of hydrogen-bond acceptors (Lipinski definition) is 5. The molecule has 1 aliphatic heterocycles. The maximum absolute atomic E-state index is 12.6. The van der Waals surface area contributed by atoms with E-state index in [-0.39, 0.29) is 12.0 Å². The van der Waals surface area contributed by atoms with Crippen LogP contribution in [0.25, 0.3) is 5.69 Å². The molecule has 0 bridgehead atoms. The van der Waals surface area contributed by atoms with E-state index in [2.05, 4.69) is 10.3 Å². The summed E-state index contributed by atoms with van der Waals surface area (Å²) < 4.78 is 12.4. The fourth-order valence-electron chi connectivity index (χ4n) is 3.01. The zero-order chi connectivity index (χ0) is 18.7. The van der Waals surface area contributed by atoms with E-state index < -0.39 is 5.97 Å². The topological polar surface area (TPSA) is 82.4 Å². The Morgan fingerprint density at radius 2 is 2.12 bits per heavy atom. The van der Waals surface area contributed by atoms with E-state index in [1.165, 1.54) is 0 Å². The van der Waals surface area contributed by atoms with E-state index in [1.807, 2.05) is 0 Å². The van der Waals surface area contributed by atoms with Gasteiger partial charge >= 0.3 is 5.97 Å². The van der Waals surface area contributed by atoms with Crippen molar-refractivity contribution < 1.29 is 19.1 Å². The Labute approximate surface area is 152 Å². The largest absolute Gasteiger partial charge is 0.497 e. The van der Waals surface area contributed by atoms with Crippen molar-refractivity contribution in [3.63, 3.8) is 0 Å². The highest BCUT2D eigenvalue weighted by Crippen LogP contribution is 2.26. The highest BCUT2D eigenvalue weighted by molar-refractivity contribution is 5.98. The quantitative estimate of drug-likeness (QED) is 0.854. The van der Waals surface area contributed by atoms with Crippen LogP contribution in [-0.4, -0.2) is 41.2 Å². The minimum absolute atomic E-state index is 0.174. The highest BCUT2D eigenvalue weighted by Gasteiger charge is 2.24. The summed E-state index contributed by atoms with van der Waals surface area (Å²) in [5, 5.41) is 2.93. The van der Waals surface area contributed by atoms with E-state index in [1.54, 1.807) is 50.1 Å². The average molecular weight is 357 g/mol. The normalized spacial score (nSPS) is 14.2. The van der Waals surface area contributed by atoms with Crippen LogP contribution in [0.3, 0.4) is 0 Å². The van der Waals surface area contributed by atoms with Crippen molar-refractivity contribution in [1.82, 2.24) is 14.9 Å². The molecule has 0 atom stereocenters. The standard InChI is InChI=1S/C19H23N3O4/c1-12(2)26-19(24)17-16-6-4-5-9-20-18(23)14-10-13(25-3)7-8-15(14)22(16)11-21-17/h7-8,10-12H,4-6,9H2,1-3H3,(H,20,23). The number of nitrogens with one attached hydrogen (secondary N) is 1. The maximum Gasteiger partial charge on any atom is 0.359 e. The Morgan fingerprint density at radius 3 is 2.85 bits per heavy atom. The van der Waals surface area contributed by atoms with E-state index in [0.29, 0.717) is 35.7 Å². The molecular formula is C19H23N3O4. The van der Waals surface area contributed by atoms with Crippen molar-refractivity contribution in [2.75, 3.05) is 13.7 Å².